The van der Waals surface area contributed by atoms with Gasteiger partial charge in [-0.2, -0.15) is 0 Å². The predicted octanol–water partition coefficient (Wildman–Crippen LogP) is 5.80. The highest BCUT2D eigenvalue weighted by atomic mass is 79.9. The summed E-state index contributed by atoms with van der Waals surface area (Å²) in [5.74, 6) is 2.94. The first-order valence-corrected chi connectivity index (χ1v) is 11.5. The second-order valence-electron chi connectivity index (χ2n) is 7.07. The summed E-state index contributed by atoms with van der Waals surface area (Å²) < 4.78 is 7.43. The highest BCUT2D eigenvalue weighted by Crippen LogP contribution is 2.34. The lowest BCUT2D eigenvalue weighted by Gasteiger charge is -2.19. The fraction of sp³-hybridized carbons (Fsp3) is 0.409. The minimum atomic E-state index is 0.378. The zero-order chi connectivity index (χ0) is 18.5. The van der Waals surface area contributed by atoms with E-state index in [1.54, 1.807) is 0 Å². The third kappa shape index (κ3) is 4.88. The van der Waals surface area contributed by atoms with E-state index >= 15 is 0 Å². The zero-order valence-electron chi connectivity index (χ0n) is 15.4. The smallest absolute Gasteiger partial charge is 0.129 e. The maximum absolute atomic E-state index is 6.33. The van der Waals surface area contributed by atoms with E-state index in [1.165, 1.54) is 41.7 Å². The molecule has 4 rings (SSSR count). The fourth-order valence-electron chi connectivity index (χ4n) is 3.62. The Hall–Kier alpha value is -1.46. The van der Waals surface area contributed by atoms with Crippen molar-refractivity contribution >= 4 is 33.5 Å². The number of nitrogens with zero attached hydrogens (tertiary/aromatic N) is 1. The summed E-state index contributed by atoms with van der Waals surface area (Å²) in [5.41, 5.74) is 2.45. The Kier molecular flexibility index (Phi) is 6.40. The van der Waals surface area contributed by atoms with Gasteiger partial charge in [-0.15, -0.1) is 11.8 Å². The normalized spacial score (nSPS) is 17.4. The van der Waals surface area contributed by atoms with Crippen LogP contribution < -0.4 is 10.1 Å². The Labute approximate surface area is 174 Å². The van der Waals surface area contributed by atoms with E-state index in [1.807, 2.05) is 11.8 Å². The lowest BCUT2D eigenvalue weighted by Crippen LogP contribution is -2.30. The number of hydrogen-bond donors (Lipinski definition) is 1. The van der Waals surface area contributed by atoms with Crippen molar-refractivity contribution in [1.29, 1.82) is 0 Å². The number of thioether (sulfide) groups is 1. The van der Waals surface area contributed by atoms with E-state index in [4.69, 9.17) is 4.74 Å². The van der Waals surface area contributed by atoms with Crippen molar-refractivity contribution in [2.75, 3.05) is 13.1 Å². The first kappa shape index (κ1) is 18.9. The second kappa shape index (κ2) is 9.16. The number of nitrogens with one attached hydrogen (secondary N) is 1. The zero-order valence-corrected chi connectivity index (χ0v) is 17.8. The topological polar surface area (TPSA) is 33.6 Å². The summed E-state index contributed by atoms with van der Waals surface area (Å²) in [6, 6.07) is 14.9. The van der Waals surface area contributed by atoms with E-state index in [9.17, 15) is 0 Å². The molecule has 0 amide bonds. The molecule has 1 fully saturated rings. The minimum absolute atomic E-state index is 0.378. The molecule has 0 saturated heterocycles. The molecule has 0 spiro atoms. The molecule has 2 aliphatic rings. The molecular weight excluding hydrogens is 420 g/mol. The summed E-state index contributed by atoms with van der Waals surface area (Å²) in [6.45, 7) is 1.91. The van der Waals surface area contributed by atoms with Gasteiger partial charge < -0.3 is 10.1 Å². The molecule has 142 valence electrons. The van der Waals surface area contributed by atoms with Crippen LogP contribution in [0, 0.1) is 0 Å². The summed E-state index contributed by atoms with van der Waals surface area (Å²) in [6.07, 6.45) is 6.41. The molecule has 1 aliphatic heterocycles. The molecule has 0 unspecified atom stereocenters. The lowest BCUT2D eigenvalue weighted by molar-refractivity contribution is 0.208. The quantitative estimate of drug-likeness (QED) is 0.571. The summed E-state index contributed by atoms with van der Waals surface area (Å²) in [5, 5.41) is 3.45. The second-order valence-corrected chi connectivity index (χ2v) is 9.00. The predicted molar refractivity (Wildman–Crippen MR) is 117 cm³/mol. The first-order chi connectivity index (χ1) is 13.3. The monoisotopic (exact) mass is 444 g/mol. The van der Waals surface area contributed by atoms with E-state index in [2.05, 4.69) is 68.7 Å². The molecule has 1 heterocycles. The van der Waals surface area contributed by atoms with Crippen LogP contribution in [-0.2, 0) is 5.75 Å². The number of ether oxygens (including phenoxy) is 1. The summed E-state index contributed by atoms with van der Waals surface area (Å²) in [4.78, 5) is 5.94. The van der Waals surface area contributed by atoms with Gasteiger partial charge in [-0.25, -0.2) is 0 Å². The lowest BCUT2D eigenvalue weighted by atomic mass is 10.2. The molecule has 0 bridgehead atoms. The molecule has 27 heavy (non-hydrogen) atoms. The number of halogens is 1. The molecule has 1 N–H and O–H groups in total. The molecule has 5 heteroatoms. The number of benzene rings is 2. The van der Waals surface area contributed by atoms with Crippen molar-refractivity contribution in [3.63, 3.8) is 0 Å². The van der Waals surface area contributed by atoms with E-state index in [0.29, 0.717) is 6.10 Å². The van der Waals surface area contributed by atoms with Crippen LogP contribution in [0.1, 0.15) is 43.2 Å². The Morgan fingerprint density at radius 2 is 1.96 bits per heavy atom. The number of rotatable bonds is 6. The van der Waals surface area contributed by atoms with Crippen LogP contribution in [0.15, 0.2) is 56.8 Å². The van der Waals surface area contributed by atoms with Gasteiger partial charge in [0.15, 0.2) is 0 Å². The van der Waals surface area contributed by atoms with Gasteiger partial charge in [-0.1, -0.05) is 34.1 Å². The van der Waals surface area contributed by atoms with Gasteiger partial charge >= 0.3 is 0 Å². The average molecular weight is 445 g/mol. The molecule has 3 nitrogen and oxygen atoms in total. The number of hydrogen-bond acceptors (Lipinski definition) is 4. The van der Waals surface area contributed by atoms with Crippen LogP contribution in [0.25, 0.3) is 0 Å². The van der Waals surface area contributed by atoms with E-state index in [-0.39, 0.29) is 0 Å². The Morgan fingerprint density at radius 1 is 1.11 bits per heavy atom. The standard InChI is InChI=1S/C22H25BrN2OS/c23-17-10-11-20(26-18-6-1-2-7-18)16(14-17)15-27-21-9-4-3-8-19(21)22-24-12-5-13-25-22/h3-4,8-11,14,18H,1-2,5-7,12-13,15H2,(H,24,25). The van der Waals surface area contributed by atoms with Gasteiger partial charge in [-0.05, 0) is 56.4 Å². The van der Waals surface area contributed by atoms with Crippen LogP contribution in [-0.4, -0.2) is 25.0 Å². The van der Waals surface area contributed by atoms with Gasteiger partial charge in [0.1, 0.15) is 11.6 Å². The third-order valence-corrected chi connectivity index (χ3v) is 6.66. The summed E-state index contributed by atoms with van der Waals surface area (Å²) in [7, 11) is 0. The van der Waals surface area contributed by atoms with Crippen LogP contribution in [0.3, 0.4) is 0 Å². The fourth-order valence-corrected chi connectivity index (χ4v) is 5.06. The van der Waals surface area contributed by atoms with Gasteiger partial charge in [-0.3, -0.25) is 4.99 Å². The molecule has 0 aromatic heterocycles. The van der Waals surface area contributed by atoms with Crippen molar-refractivity contribution in [3.05, 3.63) is 58.1 Å². The molecule has 2 aromatic rings. The molecule has 1 aliphatic carbocycles. The van der Waals surface area contributed by atoms with Crippen molar-refractivity contribution in [1.82, 2.24) is 5.32 Å². The van der Waals surface area contributed by atoms with Gasteiger partial charge in [0.2, 0.25) is 0 Å². The van der Waals surface area contributed by atoms with Crippen molar-refractivity contribution in [2.24, 2.45) is 4.99 Å². The molecule has 0 radical (unpaired) electrons. The van der Waals surface area contributed by atoms with Gasteiger partial charge in [0.25, 0.3) is 0 Å². The Morgan fingerprint density at radius 3 is 2.78 bits per heavy atom. The Bertz CT molecular complexity index is 818. The maximum Gasteiger partial charge on any atom is 0.129 e. The average Bonchev–Trinajstić information content (AvgIpc) is 3.22. The first-order valence-electron chi connectivity index (χ1n) is 9.75. The van der Waals surface area contributed by atoms with Crippen LogP contribution in [0.5, 0.6) is 5.75 Å². The number of aliphatic imine (C=N–C) groups is 1. The van der Waals surface area contributed by atoms with Crippen molar-refractivity contribution in [2.45, 2.75) is 48.9 Å². The van der Waals surface area contributed by atoms with E-state index < -0.39 is 0 Å². The molecule has 2 aromatic carbocycles. The number of amidine groups is 1. The third-order valence-electron chi connectivity index (χ3n) is 5.04. The highest BCUT2D eigenvalue weighted by molar-refractivity contribution is 9.10. The SMILES string of the molecule is Brc1ccc(OC2CCCC2)c(CSc2ccccc2C2=NCCCN2)c1. The van der Waals surface area contributed by atoms with Gasteiger partial charge in [0, 0.05) is 39.3 Å². The van der Waals surface area contributed by atoms with Crippen molar-refractivity contribution < 1.29 is 4.74 Å². The maximum atomic E-state index is 6.33. The molecule has 1 saturated carbocycles. The van der Waals surface area contributed by atoms with Crippen LogP contribution >= 0.6 is 27.7 Å². The van der Waals surface area contributed by atoms with E-state index in [0.717, 1.165) is 41.3 Å². The minimum Gasteiger partial charge on any atom is -0.490 e. The highest BCUT2D eigenvalue weighted by Gasteiger charge is 2.18. The summed E-state index contributed by atoms with van der Waals surface area (Å²) >= 11 is 5.47. The molecular formula is C22H25BrN2OS. The van der Waals surface area contributed by atoms with Crippen molar-refractivity contribution in [3.8, 4) is 5.75 Å². The van der Waals surface area contributed by atoms with Gasteiger partial charge in [0.05, 0.1) is 6.10 Å². The van der Waals surface area contributed by atoms with Crippen LogP contribution in [0.4, 0.5) is 0 Å². The van der Waals surface area contributed by atoms with Crippen LogP contribution in [0.2, 0.25) is 0 Å². The Balaban J connectivity index is 1.52. The largest absolute Gasteiger partial charge is 0.490 e. The molecule has 0 atom stereocenters.